The van der Waals surface area contributed by atoms with E-state index in [4.69, 9.17) is 10.5 Å². The van der Waals surface area contributed by atoms with Crippen LogP contribution in [-0.4, -0.2) is 34.5 Å². The van der Waals surface area contributed by atoms with E-state index in [1.54, 1.807) is 6.20 Å². The van der Waals surface area contributed by atoms with E-state index in [1.807, 2.05) is 13.0 Å². The lowest BCUT2D eigenvalue weighted by Crippen LogP contribution is -2.40. The zero-order valence-corrected chi connectivity index (χ0v) is 14.1. The number of carbonyl (C=O) groups excluding carboxylic acids is 2. The molecule has 132 valence electrons. The van der Waals surface area contributed by atoms with Crippen molar-refractivity contribution < 1.29 is 14.3 Å². The van der Waals surface area contributed by atoms with Crippen molar-refractivity contribution >= 4 is 28.6 Å². The molecule has 0 aliphatic heterocycles. The number of carbonyl (C=O) groups is 2. The van der Waals surface area contributed by atoms with E-state index in [1.165, 1.54) is 6.20 Å². The Morgan fingerprint density at radius 1 is 1.40 bits per heavy atom. The van der Waals surface area contributed by atoms with Crippen LogP contribution in [0.5, 0.6) is 0 Å². The quantitative estimate of drug-likeness (QED) is 0.720. The number of ether oxygens (including phenoxy) is 1. The second kappa shape index (κ2) is 6.06. The first kappa shape index (κ1) is 15.9. The molecule has 7 heteroatoms. The smallest absolute Gasteiger partial charge is 0.311 e. The maximum absolute atomic E-state index is 12.5. The second-order valence-electron chi connectivity index (χ2n) is 6.93. The van der Waals surface area contributed by atoms with Gasteiger partial charge < -0.3 is 20.8 Å². The van der Waals surface area contributed by atoms with Gasteiger partial charge >= 0.3 is 5.97 Å². The molecule has 2 aromatic heterocycles. The number of primary amides is 1. The Hall–Kier alpha value is -2.57. The van der Waals surface area contributed by atoms with Gasteiger partial charge in [-0.25, -0.2) is 4.98 Å². The molecule has 2 aromatic rings. The molecule has 2 aliphatic rings. The predicted molar refractivity (Wildman–Crippen MR) is 93.0 cm³/mol. The van der Waals surface area contributed by atoms with Crippen molar-refractivity contribution in [1.82, 2.24) is 9.97 Å². The highest BCUT2D eigenvalue weighted by Gasteiger charge is 2.51. The Morgan fingerprint density at radius 3 is 2.96 bits per heavy atom. The summed E-state index contributed by atoms with van der Waals surface area (Å²) >= 11 is 0. The van der Waals surface area contributed by atoms with Crippen molar-refractivity contribution in [1.29, 1.82) is 0 Å². The number of H-pyrrole nitrogens is 1. The van der Waals surface area contributed by atoms with Gasteiger partial charge in [0.05, 0.1) is 23.8 Å². The van der Waals surface area contributed by atoms with Crippen LogP contribution in [0.25, 0.3) is 11.0 Å². The number of esters is 1. The van der Waals surface area contributed by atoms with Crippen LogP contribution in [0.4, 0.5) is 5.69 Å². The molecule has 0 radical (unpaired) electrons. The average Bonchev–Trinajstić information content (AvgIpc) is 3.30. The fourth-order valence-electron chi connectivity index (χ4n) is 4.59. The first-order valence-corrected chi connectivity index (χ1v) is 8.79. The van der Waals surface area contributed by atoms with Crippen LogP contribution in [-0.2, 0) is 9.53 Å². The number of aromatic nitrogens is 2. The Balaban J connectivity index is 1.72. The molecule has 0 aromatic carbocycles. The number of amides is 1. The lowest BCUT2D eigenvalue weighted by molar-refractivity contribution is -0.150. The fraction of sp³-hybridized carbons (Fsp3) is 0.500. The lowest BCUT2D eigenvalue weighted by atomic mass is 9.84. The van der Waals surface area contributed by atoms with Crippen LogP contribution >= 0.6 is 0 Å². The number of fused-ring (bicyclic) bond motifs is 3. The van der Waals surface area contributed by atoms with Crippen LogP contribution in [0.2, 0.25) is 0 Å². The SMILES string of the molecule is CCOC(=O)[C@@H]1[C@@H]2CC[C@@H](C2)[C@@H]1Nc1c(C(N)=O)cnc2[nH]ccc12. The maximum Gasteiger partial charge on any atom is 0.311 e. The summed E-state index contributed by atoms with van der Waals surface area (Å²) in [7, 11) is 0. The third-order valence-corrected chi connectivity index (χ3v) is 5.64. The predicted octanol–water partition coefficient (Wildman–Crippen LogP) is 2.05. The summed E-state index contributed by atoms with van der Waals surface area (Å²) in [5.74, 6) is -0.105. The highest BCUT2D eigenvalue weighted by molar-refractivity contribution is 6.06. The number of hydrogen-bond acceptors (Lipinski definition) is 5. The molecular weight excluding hydrogens is 320 g/mol. The molecule has 4 atom stereocenters. The molecule has 4 N–H and O–H groups in total. The van der Waals surface area contributed by atoms with Gasteiger partial charge in [0.2, 0.25) is 0 Å². The number of aromatic amines is 1. The first-order chi connectivity index (χ1) is 12.1. The van der Waals surface area contributed by atoms with Crippen LogP contribution in [0.1, 0.15) is 36.5 Å². The molecule has 2 fully saturated rings. The molecule has 2 saturated carbocycles. The monoisotopic (exact) mass is 342 g/mol. The summed E-state index contributed by atoms with van der Waals surface area (Å²) in [6.07, 6.45) is 6.43. The van der Waals surface area contributed by atoms with E-state index >= 15 is 0 Å². The summed E-state index contributed by atoms with van der Waals surface area (Å²) in [5, 5.41) is 4.29. The van der Waals surface area contributed by atoms with Crippen LogP contribution < -0.4 is 11.1 Å². The molecule has 25 heavy (non-hydrogen) atoms. The third kappa shape index (κ3) is 2.54. The van der Waals surface area contributed by atoms with Crippen LogP contribution in [0.3, 0.4) is 0 Å². The van der Waals surface area contributed by atoms with Crippen molar-refractivity contribution in [3.05, 3.63) is 24.0 Å². The molecule has 2 heterocycles. The molecule has 2 bridgehead atoms. The van der Waals surface area contributed by atoms with E-state index in [9.17, 15) is 9.59 Å². The minimum absolute atomic E-state index is 0.0450. The first-order valence-electron chi connectivity index (χ1n) is 8.79. The highest BCUT2D eigenvalue weighted by Crippen LogP contribution is 2.50. The van der Waals surface area contributed by atoms with Crippen molar-refractivity contribution in [2.45, 2.75) is 32.2 Å². The Bertz CT molecular complexity index is 831. The fourth-order valence-corrected chi connectivity index (χ4v) is 4.59. The van der Waals surface area contributed by atoms with Crippen molar-refractivity contribution in [3.8, 4) is 0 Å². The standard InChI is InChI=1S/C18H22N4O3/c1-2-25-18(24)13-9-3-4-10(7-9)14(13)22-15-11-5-6-20-17(11)21-8-12(15)16(19)23/h5-6,8-10,13-14H,2-4,7H2,1H3,(H2,19,23)(H2,20,21,22)/t9-,10+,13-,14+/m1/s1. The summed E-state index contributed by atoms with van der Waals surface area (Å²) < 4.78 is 5.31. The van der Waals surface area contributed by atoms with Gasteiger partial charge in [-0.15, -0.1) is 0 Å². The number of nitrogens with two attached hydrogens (primary N) is 1. The molecule has 0 unspecified atom stereocenters. The summed E-state index contributed by atoms with van der Waals surface area (Å²) in [6.45, 7) is 2.20. The van der Waals surface area contributed by atoms with Crippen LogP contribution in [0, 0.1) is 17.8 Å². The minimum atomic E-state index is -0.533. The van der Waals surface area contributed by atoms with Gasteiger partial charge in [-0.3, -0.25) is 9.59 Å². The van der Waals surface area contributed by atoms with E-state index in [0.717, 1.165) is 24.6 Å². The summed E-state index contributed by atoms with van der Waals surface area (Å²) in [6, 6.07) is 1.82. The number of pyridine rings is 1. The van der Waals surface area contributed by atoms with Gasteiger partial charge in [0, 0.05) is 23.8 Å². The summed E-state index contributed by atoms with van der Waals surface area (Å²) in [4.78, 5) is 31.7. The van der Waals surface area contributed by atoms with Crippen molar-refractivity contribution in [2.24, 2.45) is 23.5 Å². The normalized spacial score (nSPS) is 27.6. The number of anilines is 1. The molecule has 0 spiro atoms. The van der Waals surface area contributed by atoms with E-state index in [-0.39, 0.29) is 17.9 Å². The molecule has 7 nitrogen and oxygen atoms in total. The average molecular weight is 342 g/mol. The van der Waals surface area contributed by atoms with Crippen molar-refractivity contribution in [3.63, 3.8) is 0 Å². The van der Waals surface area contributed by atoms with Gasteiger partial charge in [0.25, 0.3) is 5.91 Å². The van der Waals surface area contributed by atoms with Gasteiger partial charge in [-0.2, -0.15) is 0 Å². The number of nitrogens with one attached hydrogen (secondary N) is 2. The van der Waals surface area contributed by atoms with E-state index in [0.29, 0.717) is 35.3 Å². The van der Waals surface area contributed by atoms with Gasteiger partial charge in [-0.1, -0.05) is 0 Å². The van der Waals surface area contributed by atoms with Crippen LogP contribution in [0.15, 0.2) is 18.5 Å². The Labute approximate surface area is 145 Å². The molecule has 4 rings (SSSR count). The van der Waals surface area contributed by atoms with E-state index < -0.39 is 5.91 Å². The van der Waals surface area contributed by atoms with Gasteiger partial charge in [-0.05, 0) is 44.1 Å². The topological polar surface area (TPSA) is 110 Å². The zero-order chi connectivity index (χ0) is 17.6. The molecule has 1 amide bonds. The molecular formula is C18H22N4O3. The molecule has 0 saturated heterocycles. The minimum Gasteiger partial charge on any atom is -0.466 e. The maximum atomic E-state index is 12.5. The second-order valence-corrected chi connectivity index (χ2v) is 6.93. The highest BCUT2D eigenvalue weighted by atomic mass is 16.5. The van der Waals surface area contributed by atoms with Crippen molar-refractivity contribution in [2.75, 3.05) is 11.9 Å². The number of hydrogen-bond donors (Lipinski definition) is 3. The zero-order valence-electron chi connectivity index (χ0n) is 14.1. The number of nitrogens with zero attached hydrogens (tertiary/aromatic N) is 1. The lowest BCUT2D eigenvalue weighted by Gasteiger charge is -2.31. The summed E-state index contributed by atoms with van der Waals surface area (Å²) in [5.41, 5.74) is 7.23. The molecule has 2 aliphatic carbocycles. The van der Waals surface area contributed by atoms with Gasteiger partial charge in [0.1, 0.15) is 5.65 Å². The third-order valence-electron chi connectivity index (χ3n) is 5.64. The van der Waals surface area contributed by atoms with E-state index in [2.05, 4.69) is 15.3 Å². The van der Waals surface area contributed by atoms with Gasteiger partial charge in [0.15, 0.2) is 0 Å². The Morgan fingerprint density at radius 2 is 2.20 bits per heavy atom. The largest absolute Gasteiger partial charge is 0.466 e. The number of rotatable bonds is 5. The Kier molecular flexibility index (Phi) is 3.86.